The van der Waals surface area contributed by atoms with Gasteiger partial charge in [0.15, 0.2) is 0 Å². The summed E-state index contributed by atoms with van der Waals surface area (Å²) in [6, 6.07) is 0. The van der Waals surface area contributed by atoms with Gasteiger partial charge in [-0.05, 0) is 20.3 Å². The van der Waals surface area contributed by atoms with E-state index in [2.05, 4.69) is 6.58 Å². The van der Waals surface area contributed by atoms with E-state index in [0.717, 1.165) is 6.08 Å². The minimum atomic E-state index is -0.961. The van der Waals surface area contributed by atoms with Crippen molar-refractivity contribution in [2.45, 2.75) is 26.9 Å². The summed E-state index contributed by atoms with van der Waals surface area (Å²) < 4.78 is 15.1. The van der Waals surface area contributed by atoms with Gasteiger partial charge in [-0.25, -0.2) is 4.79 Å². The Labute approximate surface area is 85.4 Å². The van der Waals surface area contributed by atoms with Crippen LogP contribution in [0, 0.1) is 6.42 Å². The number of carbonyl (C=O) groups excluding carboxylic acids is 1. The average molecular weight is 199 g/mol. The first kappa shape index (κ1) is 13.2. The Balaban J connectivity index is 4.00. The van der Waals surface area contributed by atoms with E-state index >= 15 is 0 Å². The lowest BCUT2D eigenvalue weighted by atomic mass is 10.2. The molecular weight excluding hydrogens is 183 g/mol. The van der Waals surface area contributed by atoms with E-state index < -0.39 is 13.3 Å². The Morgan fingerprint density at radius 2 is 2.29 bits per heavy atom. The fourth-order valence-corrected chi connectivity index (χ4v) is 0.634. The molecule has 0 aromatic heterocycles. The van der Waals surface area contributed by atoms with Gasteiger partial charge in [0.2, 0.25) is 0 Å². The molecule has 0 bridgehead atoms. The van der Waals surface area contributed by atoms with Crippen LogP contribution in [0.25, 0.3) is 0 Å². The molecule has 1 unspecified atom stereocenters. The normalized spacial score (nSPS) is 11.9. The smallest absolute Gasteiger partial charge is 0.482 e. The lowest BCUT2D eigenvalue weighted by Gasteiger charge is -2.15. The summed E-state index contributed by atoms with van der Waals surface area (Å²) in [5, 5.41) is 0. The van der Waals surface area contributed by atoms with Gasteiger partial charge in [0, 0.05) is 18.8 Å². The summed E-state index contributed by atoms with van der Waals surface area (Å²) in [5.74, 6) is -0.563. The molecule has 0 N–H and O–H groups in total. The van der Waals surface area contributed by atoms with Crippen molar-refractivity contribution in [3.63, 3.8) is 0 Å². The molecule has 4 nitrogen and oxygen atoms in total. The third-order valence-corrected chi connectivity index (χ3v) is 1.48. The Morgan fingerprint density at radius 1 is 1.64 bits per heavy atom. The fourth-order valence-electron chi connectivity index (χ4n) is 0.634. The zero-order valence-electron chi connectivity index (χ0n) is 8.86. The Kier molecular flexibility index (Phi) is 7.15. The molecule has 0 amide bonds. The number of carbonyl (C=O) groups is 1. The van der Waals surface area contributed by atoms with Crippen LogP contribution in [-0.4, -0.2) is 26.0 Å². The van der Waals surface area contributed by atoms with Gasteiger partial charge in [-0.2, -0.15) is 0 Å². The van der Waals surface area contributed by atoms with Crippen molar-refractivity contribution in [3.8, 4) is 0 Å². The highest BCUT2D eigenvalue weighted by Crippen LogP contribution is 2.01. The third-order valence-electron chi connectivity index (χ3n) is 1.48. The first-order chi connectivity index (χ1) is 6.63. The van der Waals surface area contributed by atoms with E-state index in [0.29, 0.717) is 6.61 Å². The van der Waals surface area contributed by atoms with Crippen LogP contribution in [0.4, 0.5) is 0 Å². The van der Waals surface area contributed by atoms with E-state index in [1.54, 1.807) is 6.92 Å². The van der Waals surface area contributed by atoms with Gasteiger partial charge < -0.3 is 14.0 Å². The van der Waals surface area contributed by atoms with Gasteiger partial charge in [0.1, 0.15) is 0 Å². The molecule has 1 atom stereocenters. The Morgan fingerprint density at radius 3 is 2.71 bits per heavy atom. The predicted octanol–water partition coefficient (Wildman–Crippen LogP) is 1.37. The monoisotopic (exact) mass is 199 g/mol. The minimum Gasteiger partial charge on any atom is -0.482 e. The molecule has 0 fully saturated rings. The van der Waals surface area contributed by atoms with Crippen LogP contribution in [-0.2, 0) is 18.8 Å². The van der Waals surface area contributed by atoms with Crippen molar-refractivity contribution >= 4 is 13.3 Å². The van der Waals surface area contributed by atoms with Crippen LogP contribution in [0.3, 0.4) is 0 Å². The lowest BCUT2D eigenvalue weighted by Crippen LogP contribution is -2.33. The zero-order chi connectivity index (χ0) is 11.0. The molecule has 0 aliphatic rings. The standard InChI is InChI=1S/C9H16BO4/c1-5-8(4)13-10(12-7-3)14-9(11)6-2/h5-6,8H,2,7H2,1,3-4H3. The molecule has 14 heavy (non-hydrogen) atoms. The van der Waals surface area contributed by atoms with Crippen molar-refractivity contribution in [3.05, 3.63) is 19.1 Å². The summed E-state index contributed by atoms with van der Waals surface area (Å²) in [6.07, 6.45) is 2.76. The second-order valence-corrected chi connectivity index (χ2v) is 2.56. The molecule has 0 saturated carbocycles. The quantitative estimate of drug-likeness (QED) is 0.458. The Bertz CT molecular complexity index is 184. The Hall–Kier alpha value is -0.805. The van der Waals surface area contributed by atoms with Crippen molar-refractivity contribution in [1.82, 2.24) is 0 Å². The topological polar surface area (TPSA) is 44.8 Å². The molecule has 0 heterocycles. The van der Waals surface area contributed by atoms with E-state index in [1.807, 2.05) is 20.3 Å². The summed E-state index contributed by atoms with van der Waals surface area (Å²) in [6.45, 7) is 9.16. The largest absolute Gasteiger partial charge is 0.715 e. The number of rotatable bonds is 7. The van der Waals surface area contributed by atoms with Crippen molar-refractivity contribution in [1.29, 1.82) is 0 Å². The molecule has 0 aromatic carbocycles. The lowest BCUT2D eigenvalue weighted by molar-refractivity contribution is -0.132. The molecular formula is C9H16BO4. The number of hydrogen-bond donors (Lipinski definition) is 0. The minimum absolute atomic E-state index is 0.135. The van der Waals surface area contributed by atoms with Crippen LogP contribution in [0.5, 0.6) is 0 Å². The maximum atomic E-state index is 10.9. The van der Waals surface area contributed by atoms with Gasteiger partial charge in [0.25, 0.3) is 0 Å². The molecule has 0 aliphatic carbocycles. The van der Waals surface area contributed by atoms with E-state index in [4.69, 9.17) is 14.0 Å². The average Bonchev–Trinajstić information content (AvgIpc) is 2.17. The summed E-state index contributed by atoms with van der Waals surface area (Å²) in [5.41, 5.74) is 0. The highest BCUT2D eigenvalue weighted by atomic mass is 16.7. The van der Waals surface area contributed by atoms with Gasteiger partial charge in [-0.1, -0.05) is 13.5 Å². The molecule has 0 rings (SSSR count). The van der Waals surface area contributed by atoms with Crippen LogP contribution in [0.1, 0.15) is 20.8 Å². The van der Waals surface area contributed by atoms with Gasteiger partial charge in [0.05, 0.1) is 0 Å². The molecule has 79 valence electrons. The predicted molar refractivity (Wildman–Crippen MR) is 54.2 cm³/mol. The van der Waals surface area contributed by atoms with Crippen molar-refractivity contribution < 1.29 is 18.8 Å². The van der Waals surface area contributed by atoms with Gasteiger partial charge >= 0.3 is 13.3 Å². The molecule has 5 heteroatoms. The number of hydrogen-bond acceptors (Lipinski definition) is 4. The molecule has 1 radical (unpaired) electrons. The van der Waals surface area contributed by atoms with Gasteiger partial charge in [-0.15, -0.1) is 0 Å². The van der Waals surface area contributed by atoms with Gasteiger partial charge in [-0.3, -0.25) is 0 Å². The third kappa shape index (κ3) is 5.77. The first-order valence-corrected chi connectivity index (χ1v) is 4.53. The summed E-state index contributed by atoms with van der Waals surface area (Å²) >= 11 is 0. The second kappa shape index (κ2) is 7.59. The van der Waals surface area contributed by atoms with E-state index in [1.165, 1.54) is 0 Å². The molecule has 0 aliphatic heterocycles. The SMILES string of the molecule is C=CC(=O)OB(OCC)OC(C)[CH]C. The highest BCUT2D eigenvalue weighted by molar-refractivity contribution is 6.39. The van der Waals surface area contributed by atoms with E-state index in [-0.39, 0.29) is 6.10 Å². The van der Waals surface area contributed by atoms with E-state index in [9.17, 15) is 4.79 Å². The molecule has 0 spiro atoms. The second-order valence-electron chi connectivity index (χ2n) is 2.56. The van der Waals surface area contributed by atoms with Crippen LogP contribution < -0.4 is 0 Å². The van der Waals surface area contributed by atoms with Crippen LogP contribution in [0.15, 0.2) is 12.7 Å². The fraction of sp³-hybridized carbons (Fsp3) is 0.556. The van der Waals surface area contributed by atoms with Crippen molar-refractivity contribution in [2.75, 3.05) is 6.61 Å². The summed E-state index contributed by atoms with van der Waals surface area (Å²) in [4.78, 5) is 10.9. The van der Waals surface area contributed by atoms with Crippen molar-refractivity contribution in [2.24, 2.45) is 0 Å². The van der Waals surface area contributed by atoms with Crippen LogP contribution >= 0.6 is 0 Å². The maximum Gasteiger partial charge on any atom is 0.715 e. The zero-order valence-corrected chi connectivity index (χ0v) is 8.86. The summed E-state index contributed by atoms with van der Waals surface area (Å²) in [7, 11) is -0.961. The molecule has 0 aromatic rings. The maximum absolute atomic E-state index is 10.9. The highest BCUT2D eigenvalue weighted by Gasteiger charge is 2.27. The van der Waals surface area contributed by atoms with Crippen LogP contribution in [0.2, 0.25) is 0 Å². The first-order valence-electron chi connectivity index (χ1n) is 4.53. The molecule has 0 saturated heterocycles.